The van der Waals surface area contributed by atoms with Crippen LogP contribution in [0.25, 0.3) is 0 Å². The van der Waals surface area contributed by atoms with E-state index >= 15 is 0 Å². The van der Waals surface area contributed by atoms with Crippen LogP contribution in [0, 0.1) is 6.92 Å². The van der Waals surface area contributed by atoms with Gasteiger partial charge in [-0.1, -0.05) is 40.9 Å². The van der Waals surface area contributed by atoms with E-state index in [1.807, 2.05) is 25.1 Å². The smallest absolute Gasteiger partial charge is 0.276 e. The number of carbonyl (C=O) groups excluding carboxylic acids is 1. The number of aromatic nitrogens is 2. The third kappa shape index (κ3) is 3.95. The van der Waals surface area contributed by atoms with Gasteiger partial charge in [0.05, 0.1) is 20.8 Å². The van der Waals surface area contributed by atoms with Gasteiger partial charge in [-0.25, -0.2) is 0 Å². The van der Waals surface area contributed by atoms with Gasteiger partial charge in [-0.05, 0) is 24.6 Å². The Balaban J connectivity index is 1.60. The van der Waals surface area contributed by atoms with Crippen LogP contribution in [0.5, 0.6) is 0 Å². The number of rotatable bonds is 3. The van der Waals surface area contributed by atoms with Crippen LogP contribution in [0.1, 0.15) is 21.7 Å². The summed E-state index contributed by atoms with van der Waals surface area (Å²) in [7, 11) is 1.78. The van der Waals surface area contributed by atoms with E-state index in [4.69, 9.17) is 34.8 Å². The fourth-order valence-electron chi connectivity index (χ4n) is 2.87. The minimum Gasteiger partial charge on any atom is -0.335 e. The number of hydrogen-bond acceptors (Lipinski definition) is 3. The van der Waals surface area contributed by atoms with Crippen molar-refractivity contribution in [3.8, 4) is 0 Å². The van der Waals surface area contributed by atoms with E-state index in [1.165, 1.54) is 0 Å². The van der Waals surface area contributed by atoms with Crippen molar-refractivity contribution in [2.24, 2.45) is 7.05 Å². The molecule has 2 heterocycles. The van der Waals surface area contributed by atoms with Crippen molar-refractivity contribution in [3.05, 3.63) is 50.2 Å². The van der Waals surface area contributed by atoms with Crippen LogP contribution >= 0.6 is 34.8 Å². The quantitative estimate of drug-likeness (QED) is 0.788. The lowest BCUT2D eigenvalue weighted by molar-refractivity contribution is 0.0622. The fourth-order valence-corrected chi connectivity index (χ4v) is 3.44. The molecule has 2 aromatic rings. The lowest BCUT2D eigenvalue weighted by Gasteiger charge is -2.34. The molecule has 134 valence electrons. The number of amides is 1. The molecule has 1 fully saturated rings. The summed E-state index contributed by atoms with van der Waals surface area (Å²) >= 11 is 18.2. The largest absolute Gasteiger partial charge is 0.335 e. The average molecular weight is 402 g/mol. The molecule has 1 saturated heterocycles. The van der Waals surface area contributed by atoms with Crippen molar-refractivity contribution < 1.29 is 4.79 Å². The van der Waals surface area contributed by atoms with E-state index in [9.17, 15) is 4.79 Å². The Morgan fingerprint density at radius 3 is 2.36 bits per heavy atom. The van der Waals surface area contributed by atoms with Gasteiger partial charge in [0.2, 0.25) is 0 Å². The van der Waals surface area contributed by atoms with Crippen LogP contribution in [0.2, 0.25) is 15.1 Å². The Hall–Kier alpha value is -1.27. The molecular weight excluding hydrogens is 383 g/mol. The third-order valence-electron chi connectivity index (χ3n) is 4.51. The molecule has 1 aromatic heterocycles. The topological polar surface area (TPSA) is 41.4 Å². The standard InChI is InChI=1S/C17H19Cl3N4O/c1-11-15(20)16(21-22(11)2)17(25)24-7-5-23(6-8-24)10-12-3-4-13(18)14(19)9-12/h3-4,9H,5-8,10H2,1-2H3. The van der Waals surface area contributed by atoms with Crippen molar-refractivity contribution >= 4 is 40.7 Å². The number of aryl methyl sites for hydroxylation is 1. The monoisotopic (exact) mass is 400 g/mol. The molecule has 3 rings (SSSR count). The highest BCUT2D eigenvalue weighted by Crippen LogP contribution is 2.24. The van der Waals surface area contributed by atoms with Crippen LogP contribution in [-0.2, 0) is 13.6 Å². The fraction of sp³-hybridized carbons (Fsp3) is 0.412. The van der Waals surface area contributed by atoms with Gasteiger partial charge in [0.1, 0.15) is 0 Å². The molecule has 0 unspecified atom stereocenters. The van der Waals surface area contributed by atoms with Gasteiger partial charge in [-0.15, -0.1) is 0 Å². The van der Waals surface area contributed by atoms with E-state index < -0.39 is 0 Å². The Bertz CT molecular complexity index is 797. The van der Waals surface area contributed by atoms with Gasteiger partial charge in [-0.2, -0.15) is 5.10 Å². The zero-order valence-corrected chi connectivity index (χ0v) is 16.4. The first-order chi connectivity index (χ1) is 11.9. The Morgan fingerprint density at radius 1 is 1.12 bits per heavy atom. The maximum atomic E-state index is 12.6. The van der Waals surface area contributed by atoms with Gasteiger partial charge in [0.15, 0.2) is 5.69 Å². The minimum atomic E-state index is -0.108. The van der Waals surface area contributed by atoms with Gasteiger partial charge >= 0.3 is 0 Å². The average Bonchev–Trinajstić information content (AvgIpc) is 2.86. The second kappa shape index (κ2) is 7.54. The van der Waals surface area contributed by atoms with E-state index in [2.05, 4.69) is 10.00 Å². The highest BCUT2D eigenvalue weighted by Gasteiger charge is 2.26. The molecular formula is C17H19Cl3N4O. The van der Waals surface area contributed by atoms with Crippen molar-refractivity contribution in [3.63, 3.8) is 0 Å². The Kier molecular flexibility index (Phi) is 5.58. The van der Waals surface area contributed by atoms with Crippen LogP contribution < -0.4 is 0 Å². The summed E-state index contributed by atoms with van der Waals surface area (Å²) in [6.45, 7) is 5.49. The van der Waals surface area contributed by atoms with Gasteiger partial charge in [0.25, 0.3) is 5.91 Å². The lowest BCUT2D eigenvalue weighted by atomic mass is 10.2. The summed E-state index contributed by atoms with van der Waals surface area (Å²) in [5.41, 5.74) is 2.24. The van der Waals surface area contributed by atoms with Crippen molar-refractivity contribution in [2.75, 3.05) is 26.2 Å². The first-order valence-corrected chi connectivity index (χ1v) is 9.15. The second-order valence-corrected chi connectivity index (χ2v) is 7.38. The van der Waals surface area contributed by atoms with E-state index in [0.29, 0.717) is 33.9 Å². The van der Waals surface area contributed by atoms with E-state index in [1.54, 1.807) is 16.6 Å². The van der Waals surface area contributed by atoms with Crippen LogP contribution in [0.15, 0.2) is 18.2 Å². The number of nitrogens with zero attached hydrogens (tertiary/aromatic N) is 4. The van der Waals surface area contributed by atoms with Crippen LogP contribution in [0.3, 0.4) is 0 Å². The molecule has 0 atom stereocenters. The zero-order valence-electron chi connectivity index (χ0n) is 14.1. The predicted octanol–water partition coefficient (Wildman–Crippen LogP) is 3.65. The molecule has 0 aliphatic carbocycles. The molecule has 1 amide bonds. The summed E-state index contributed by atoms with van der Waals surface area (Å²) in [5, 5.41) is 5.80. The maximum Gasteiger partial charge on any atom is 0.276 e. The van der Waals surface area contributed by atoms with Crippen LogP contribution in [-0.4, -0.2) is 51.7 Å². The molecule has 1 aromatic carbocycles. The zero-order chi connectivity index (χ0) is 18.1. The number of benzene rings is 1. The summed E-state index contributed by atoms with van der Waals surface area (Å²) in [6, 6.07) is 5.67. The number of carbonyl (C=O) groups is 1. The molecule has 1 aliphatic heterocycles. The molecule has 0 saturated carbocycles. The van der Waals surface area contributed by atoms with E-state index in [0.717, 1.165) is 30.9 Å². The molecule has 25 heavy (non-hydrogen) atoms. The molecule has 0 spiro atoms. The summed E-state index contributed by atoms with van der Waals surface area (Å²) in [5.74, 6) is -0.108. The maximum absolute atomic E-state index is 12.6. The van der Waals surface area contributed by atoms with Gasteiger partial charge < -0.3 is 4.90 Å². The summed E-state index contributed by atoms with van der Waals surface area (Å²) < 4.78 is 1.64. The molecule has 0 N–H and O–H groups in total. The first-order valence-electron chi connectivity index (χ1n) is 8.01. The molecule has 5 nitrogen and oxygen atoms in total. The highest BCUT2D eigenvalue weighted by molar-refractivity contribution is 6.42. The number of piperazine rings is 1. The molecule has 0 bridgehead atoms. The van der Waals surface area contributed by atoms with Gasteiger partial charge in [-0.3, -0.25) is 14.4 Å². The minimum absolute atomic E-state index is 0.108. The van der Waals surface area contributed by atoms with Crippen molar-refractivity contribution in [1.82, 2.24) is 19.6 Å². The molecule has 0 radical (unpaired) electrons. The third-order valence-corrected chi connectivity index (χ3v) is 5.70. The van der Waals surface area contributed by atoms with Gasteiger partial charge in [0, 0.05) is 39.8 Å². The first kappa shape index (κ1) is 18.5. The van der Waals surface area contributed by atoms with Crippen LogP contribution in [0.4, 0.5) is 0 Å². The summed E-state index contributed by atoms with van der Waals surface area (Å²) in [6.07, 6.45) is 0. The normalized spacial score (nSPS) is 15.6. The molecule has 8 heteroatoms. The van der Waals surface area contributed by atoms with Crippen molar-refractivity contribution in [2.45, 2.75) is 13.5 Å². The number of halogens is 3. The SMILES string of the molecule is Cc1c(Cl)c(C(=O)N2CCN(Cc3ccc(Cl)c(Cl)c3)CC2)nn1C. The summed E-state index contributed by atoms with van der Waals surface area (Å²) in [4.78, 5) is 16.7. The predicted molar refractivity (Wildman–Crippen MR) is 101 cm³/mol. The van der Waals surface area contributed by atoms with E-state index in [-0.39, 0.29) is 5.91 Å². The lowest BCUT2D eigenvalue weighted by Crippen LogP contribution is -2.48. The Morgan fingerprint density at radius 2 is 1.80 bits per heavy atom. The second-order valence-electron chi connectivity index (χ2n) is 6.19. The highest BCUT2D eigenvalue weighted by atomic mass is 35.5. The van der Waals surface area contributed by atoms with Crippen molar-refractivity contribution in [1.29, 1.82) is 0 Å². The Labute approximate surface area is 162 Å². The number of hydrogen-bond donors (Lipinski definition) is 0. The molecule has 1 aliphatic rings.